The van der Waals surface area contributed by atoms with E-state index < -0.39 is 46.1 Å². The van der Waals surface area contributed by atoms with E-state index in [1.165, 1.54) is 60.4 Å². The number of fused-ring (bicyclic) bond motifs is 1. The number of nitrogens with one attached hydrogen (secondary N) is 1. The number of benzene rings is 2. The zero-order valence-electron chi connectivity index (χ0n) is 17.0. The van der Waals surface area contributed by atoms with Crippen molar-refractivity contribution in [3.63, 3.8) is 0 Å². The lowest BCUT2D eigenvalue weighted by molar-refractivity contribution is -0.140. The van der Waals surface area contributed by atoms with Crippen molar-refractivity contribution in [1.29, 1.82) is 0 Å². The Labute approximate surface area is 179 Å². The molecular formula is C21H22FN3O5S. The zero-order chi connectivity index (χ0) is 22.8. The highest BCUT2D eigenvalue weighted by atomic mass is 32.2. The van der Waals surface area contributed by atoms with E-state index in [0.29, 0.717) is 16.4 Å². The Balaban J connectivity index is 1.88. The summed E-state index contributed by atoms with van der Waals surface area (Å²) < 4.78 is 39.3. The maximum absolute atomic E-state index is 13.2. The first kappa shape index (κ1) is 22.4. The Morgan fingerprint density at radius 1 is 1.13 bits per heavy atom. The van der Waals surface area contributed by atoms with Gasteiger partial charge >= 0.3 is 0 Å². The fourth-order valence-corrected chi connectivity index (χ4v) is 4.81. The Morgan fingerprint density at radius 3 is 2.39 bits per heavy atom. The summed E-state index contributed by atoms with van der Waals surface area (Å²) in [6, 6.07) is 10.2. The number of hydrogen-bond acceptors (Lipinski definition) is 5. The number of sulfonamides is 1. The summed E-state index contributed by atoms with van der Waals surface area (Å²) in [6.45, 7) is 2.76. The average molecular weight is 447 g/mol. The lowest BCUT2D eigenvalue weighted by atomic mass is 10.1. The highest BCUT2D eigenvalue weighted by Gasteiger charge is 2.43. The first-order valence-electron chi connectivity index (χ1n) is 9.64. The lowest BCUT2D eigenvalue weighted by Crippen LogP contribution is -2.51. The second-order valence-electron chi connectivity index (χ2n) is 7.03. The van der Waals surface area contributed by atoms with Crippen LogP contribution >= 0.6 is 0 Å². The van der Waals surface area contributed by atoms with Gasteiger partial charge in [-0.05, 0) is 43.7 Å². The smallest absolute Gasteiger partial charge is 0.269 e. The predicted octanol–water partition coefficient (Wildman–Crippen LogP) is 1.52. The highest BCUT2D eigenvalue weighted by Crippen LogP contribution is 2.30. The summed E-state index contributed by atoms with van der Waals surface area (Å²) >= 11 is 0. The second-order valence-corrected chi connectivity index (χ2v) is 8.86. The van der Waals surface area contributed by atoms with Crippen LogP contribution in [0.3, 0.4) is 0 Å². The van der Waals surface area contributed by atoms with E-state index in [9.17, 15) is 27.2 Å². The van der Waals surface area contributed by atoms with Crippen LogP contribution in [0.5, 0.6) is 0 Å². The molecule has 10 heteroatoms. The van der Waals surface area contributed by atoms with Gasteiger partial charge in [-0.1, -0.05) is 24.3 Å². The summed E-state index contributed by atoms with van der Waals surface area (Å²) in [5.74, 6) is -2.41. The molecule has 2 aromatic carbocycles. The van der Waals surface area contributed by atoms with Crippen LogP contribution in [0.1, 0.15) is 29.8 Å². The molecule has 8 nitrogen and oxygen atoms in total. The molecule has 0 fully saturated rings. The van der Waals surface area contributed by atoms with E-state index in [4.69, 9.17) is 0 Å². The number of amides is 3. The molecule has 0 saturated heterocycles. The normalized spacial score (nSPS) is 15.3. The molecule has 3 amide bonds. The molecule has 164 valence electrons. The van der Waals surface area contributed by atoms with Gasteiger partial charge in [0.2, 0.25) is 11.8 Å². The second kappa shape index (κ2) is 8.84. The molecule has 0 spiro atoms. The molecule has 2 aromatic rings. The maximum atomic E-state index is 13.2. The first-order chi connectivity index (χ1) is 14.7. The van der Waals surface area contributed by atoms with Crippen LogP contribution in [0.2, 0.25) is 0 Å². The molecule has 31 heavy (non-hydrogen) atoms. The molecule has 0 saturated carbocycles. The Kier molecular flexibility index (Phi) is 6.40. The molecule has 1 heterocycles. The van der Waals surface area contributed by atoms with Crippen LogP contribution in [0.4, 0.5) is 4.39 Å². The van der Waals surface area contributed by atoms with E-state index in [2.05, 4.69) is 5.32 Å². The molecule has 1 aliphatic rings. The van der Waals surface area contributed by atoms with E-state index in [0.717, 1.165) is 0 Å². The van der Waals surface area contributed by atoms with E-state index >= 15 is 0 Å². The van der Waals surface area contributed by atoms with Crippen LogP contribution in [0.15, 0.2) is 53.4 Å². The summed E-state index contributed by atoms with van der Waals surface area (Å²) in [5, 5.41) is 2.62. The molecule has 1 unspecified atom stereocenters. The van der Waals surface area contributed by atoms with E-state index in [-0.39, 0.29) is 17.0 Å². The minimum absolute atomic E-state index is 0.00263. The zero-order valence-corrected chi connectivity index (χ0v) is 17.9. The third-order valence-electron chi connectivity index (χ3n) is 4.98. The molecule has 0 radical (unpaired) electrons. The number of carbonyl (C=O) groups is 3. The van der Waals surface area contributed by atoms with Crippen molar-refractivity contribution in [3.05, 3.63) is 65.5 Å². The Morgan fingerprint density at radius 2 is 1.77 bits per heavy atom. The number of rotatable bonds is 7. The molecule has 0 bridgehead atoms. The topological polar surface area (TPSA) is 104 Å². The van der Waals surface area contributed by atoms with E-state index in [1.54, 1.807) is 6.92 Å². The van der Waals surface area contributed by atoms with Crippen molar-refractivity contribution >= 4 is 27.7 Å². The van der Waals surface area contributed by atoms with Crippen LogP contribution in [0.25, 0.3) is 0 Å². The monoisotopic (exact) mass is 447 g/mol. The summed E-state index contributed by atoms with van der Waals surface area (Å²) in [7, 11) is -4.17. The van der Waals surface area contributed by atoms with Gasteiger partial charge in [0.25, 0.3) is 15.9 Å². The van der Waals surface area contributed by atoms with Gasteiger partial charge in [-0.3, -0.25) is 14.4 Å². The quantitative estimate of drug-likeness (QED) is 0.693. The fraction of sp³-hybridized carbons (Fsp3) is 0.286. The fourth-order valence-electron chi connectivity index (χ4n) is 3.29. The molecule has 1 aliphatic heterocycles. The maximum Gasteiger partial charge on any atom is 0.269 e. The minimum atomic E-state index is -4.17. The summed E-state index contributed by atoms with van der Waals surface area (Å²) in [6.07, 6.45) is 0. The van der Waals surface area contributed by atoms with Crippen LogP contribution in [-0.4, -0.2) is 54.5 Å². The van der Waals surface area contributed by atoms with Crippen LogP contribution in [0, 0.1) is 5.82 Å². The van der Waals surface area contributed by atoms with Gasteiger partial charge in [0.05, 0.1) is 5.56 Å². The van der Waals surface area contributed by atoms with Crippen molar-refractivity contribution in [2.24, 2.45) is 0 Å². The van der Waals surface area contributed by atoms with Gasteiger partial charge in [0, 0.05) is 13.1 Å². The molecule has 0 aliphatic carbocycles. The number of nitrogens with zero attached hydrogens (tertiary/aromatic N) is 2. The van der Waals surface area contributed by atoms with Crippen molar-refractivity contribution < 1.29 is 27.2 Å². The molecule has 1 N–H and O–H groups in total. The van der Waals surface area contributed by atoms with Crippen molar-refractivity contribution in [2.75, 3.05) is 13.1 Å². The number of hydrogen-bond donors (Lipinski definition) is 1. The van der Waals surface area contributed by atoms with Crippen molar-refractivity contribution in [3.8, 4) is 0 Å². The van der Waals surface area contributed by atoms with Gasteiger partial charge in [0.15, 0.2) is 0 Å². The Bertz CT molecular complexity index is 1120. The average Bonchev–Trinajstić information content (AvgIpc) is 2.94. The number of likely N-dealkylation sites (N-methyl/N-ethyl adjacent to an activating group) is 1. The van der Waals surface area contributed by atoms with Crippen molar-refractivity contribution in [2.45, 2.75) is 31.3 Å². The van der Waals surface area contributed by atoms with Gasteiger partial charge < -0.3 is 10.2 Å². The highest BCUT2D eigenvalue weighted by molar-refractivity contribution is 7.90. The molecular weight excluding hydrogens is 425 g/mol. The molecule has 3 rings (SSSR count). The molecule has 1 atom stereocenters. The van der Waals surface area contributed by atoms with Gasteiger partial charge in [-0.15, -0.1) is 0 Å². The predicted molar refractivity (Wildman–Crippen MR) is 110 cm³/mol. The standard InChI is InChI=1S/C21H22FN3O5S/c1-3-23-20(27)14(2)24(12-15-8-10-16(22)11-9-15)19(26)13-25-21(28)17-6-4-5-7-18(17)31(25,29)30/h4-11,14H,3,12-13H2,1-2H3,(H,23,27). The SMILES string of the molecule is CCNC(=O)C(C)N(Cc1ccc(F)cc1)C(=O)CN1C(=O)c2ccccc2S1(=O)=O. The largest absolute Gasteiger partial charge is 0.355 e. The first-order valence-corrected chi connectivity index (χ1v) is 11.1. The Hall–Kier alpha value is -3.27. The third kappa shape index (κ3) is 4.43. The summed E-state index contributed by atoms with van der Waals surface area (Å²) in [4.78, 5) is 39.1. The third-order valence-corrected chi connectivity index (χ3v) is 6.76. The van der Waals surface area contributed by atoms with Gasteiger partial charge in [-0.2, -0.15) is 0 Å². The van der Waals surface area contributed by atoms with Gasteiger partial charge in [-0.25, -0.2) is 17.1 Å². The van der Waals surface area contributed by atoms with Gasteiger partial charge in [0.1, 0.15) is 23.3 Å². The molecule has 0 aromatic heterocycles. The van der Waals surface area contributed by atoms with E-state index in [1.807, 2.05) is 0 Å². The van der Waals surface area contributed by atoms with Crippen molar-refractivity contribution in [1.82, 2.24) is 14.5 Å². The minimum Gasteiger partial charge on any atom is -0.355 e. The van der Waals surface area contributed by atoms with Crippen LogP contribution in [-0.2, 0) is 26.2 Å². The number of carbonyl (C=O) groups excluding carboxylic acids is 3. The van der Waals surface area contributed by atoms with Crippen LogP contribution < -0.4 is 5.32 Å². The summed E-state index contributed by atoms with van der Waals surface area (Å²) in [5.41, 5.74) is 0.543. The number of halogens is 1. The lowest BCUT2D eigenvalue weighted by Gasteiger charge is -2.30.